The number of carbonyl (C=O) groups is 2. The molecule has 1 atom stereocenters. The molecule has 0 unspecified atom stereocenters. The lowest BCUT2D eigenvalue weighted by molar-refractivity contribution is -0.143. The van der Waals surface area contributed by atoms with Crippen molar-refractivity contribution in [1.29, 1.82) is 0 Å². The Balaban J connectivity index is 1.98. The smallest absolute Gasteiger partial charge is 0.320 e. The Labute approximate surface area is 122 Å². The van der Waals surface area contributed by atoms with E-state index in [0.717, 1.165) is 17.8 Å². The van der Waals surface area contributed by atoms with Crippen LogP contribution >= 0.6 is 11.3 Å². The zero-order chi connectivity index (χ0) is 14.5. The third-order valence-electron chi connectivity index (χ3n) is 3.66. The molecule has 1 saturated heterocycles. The molecule has 1 N–H and O–H groups in total. The van der Waals surface area contributed by atoms with Crippen LogP contribution in [0.1, 0.15) is 29.4 Å². The predicted molar refractivity (Wildman–Crippen MR) is 78.1 cm³/mol. The fraction of sp³-hybridized carbons (Fsp3) is 0.571. The molecule has 5 nitrogen and oxygen atoms in total. The largest absolute Gasteiger partial charge is 0.480 e. The van der Waals surface area contributed by atoms with E-state index in [4.69, 9.17) is 0 Å². The number of nitrogens with zero attached hydrogens (tertiary/aromatic N) is 2. The molecule has 1 aromatic rings. The standard InChI is InChI=1S/C14H20N2O3S/c1-2-11(14(18)19)15-6-4-7-16(9-8-15)13(17)12-5-3-10-20-12/h3,5,10-11H,2,4,6-9H2,1H3,(H,18,19)/t11-/m0/s1. The first-order valence-corrected chi connectivity index (χ1v) is 7.81. The summed E-state index contributed by atoms with van der Waals surface area (Å²) in [6.07, 6.45) is 1.41. The lowest BCUT2D eigenvalue weighted by Crippen LogP contribution is -2.43. The van der Waals surface area contributed by atoms with E-state index in [1.807, 2.05) is 34.2 Å². The van der Waals surface area contributed by atoms with E-state index in [0.29, 0.717) is 26.1 Å². The molecule has 0 radical (unpaired) electrons. The van der Waals surface area contributed by atoms with Crippen LogP contribution in [0.3, 0.4) is 0 Å². The molecule has 2 rings (SSSR count). The van der Waals surface area contributed by atoms with Crippen LogP contribution < -0.4 is 0 Å². The molecule has 2 heterocycles. The van der Waals surface area contributed by atoms with Gasteiger partial charge in [0.1, 0.15) is 6.04 Å². The highest BCUT2D eigenvalue weighted by molar-refractivity contribution is 7.12. The number of rotatable bonds is 4. The summed E-state index contributed by atoms with van der Waals surface area (Å²) in [6, 6.07) is 3.27. The van der Waals surface area contributed by atoms with E-state index >= 15 is 0 Å². The SMILES string of the molecule is CC[C@@H](C(=O)O)N1CCCN(C(=O)c2cccs2)CC1. The molecule has 20 heavy (non-hydrogen) atoms. The minimum atomic E-state index is -0.773. The number of hydrogen-bond donors (Lipinski definition) is 1. The second kappa shape index (κ2) is 6.85. The van der Waals surface area contributed by atoms with Crippen LogP contribution in [-0.2, 0) is 4.79 Å². The fourth-order valence-electron chi connectivity index (χ4n) is 2.60. The average Bonchev–Trinajstić information content (AvgIpc) is 2.85. The van der Waals surface area contributed by atoms with Gasteiger partial charge in [0.05, 0.1) is 4.88 Å². The highest BCUT2D eigenvalue weighted by Crippen LogP contribution is 2.15. The van der Waals surface area contributed by atoms with Gasteiger partial charge in [-0.25, -0.2) is 0 Å². The fourth-order valence-corrected chi connectivity index (χ4v) is 3.29. The second-order valence-corrected chi connectivity index (χ2v) is 5.87. The maximum Gasteiger partial charge on any atom is 0.320 e. The summed E-state index contributed by atoms with van der Waals surface area (Å²) in [6.45, 7) is 4.54. The molecule has 110 valence electrons. The quantitative estimate of drug-likeness (QED) is 0.919. The van der Waals surface area contributed by atoms with E-state index in [9.17, 15) is 14.7 Å². The van der Waals surface area contributed by atoms with Crippen molar-refractivity contribution in [3.8, 4) is 0 Å². The molecule has 1 aromatic heterocycles. The van der Waals surface area contributed by atoms with Gasteiger partial charge in [0.2, 0.25) is 0 Å². The molecule has 6 heteroatoms. The lowest BCUT2D eigenvalue weighted by atomic mass is 10.2. The third-order valence-corrected chi connectivity index (χ3v) is 4.52. The first kappa shape index (κ1) is 15.0. The Morgan fingerprint density at radius 1 is 1.35 bits per heavy atom. The summed E-state index contributed by atoms with van der Waals surface area (Å²) in [4.78, 5) is 28.1. The van der Waals surface area contributed by atoms with E-state index in [1.54, 1.807) is 0 Å². The van der Waals surface area contributed by atoms with Gasteiger partial charge in [-0.05, 0) is 24.3 Å². The van der Waals surface area contributed by atoms with E-state index in [1.165, 1.54) is 11.3 Å². The van der Waals surface area contributed by atoms with Crippen LogP contribution in [0, 0.1) is 0 Å². The molecule has 0 bridgehead atoms. The topological polar surface area (TPSA) is 60.9 Å². The van der Waals surface area contributed by atoms with Gasteiger partial charge in [0.25, 0.3) is 5.91 Å². The van der Waals surface area contributed by atoms with Crippen molar-refractivity contribution >= 4 is 23.2 Å². The van der Waals surface area contributed by atoms with Crippen LogP contribution in [0.5, 0.6) is 0 Å². The van der Waals surface area contributed by atoms with Crippen LogP contribution in [0.4, 0.5) is 0 Å². The second-order valence-electron chi connectivity index (χ2n) is 4.92. The highest BCUT2D eigenvalue weighted by atomic mass is 32.1. The highest BCUT2D eigenvalue weighted by Gasteiger charge is 2.27. The van der Waals surface area contributed by atoms with Crippen molar-refractivity contribution < 1.29 is 14.7 Å². The van der Waals surface area contributed by atoms with Gasteiger partial charge >= 0.3 is 5.97 Å². The molecule has 1 aliphatic heterocycles. The van der Waals surface area contributed by atoms with E-state index in [2.05, 4.69) is 0 Å². The van der Waals surface area contributed by atoms with Crippen molar-refractivity contribution in [3.63, 3.8) is 0 Å². The summed E-state index contributed by atoms with van der Waals surface area (Å²) in [7, 11) is 0. The lowest BCUT2D eigenvalue weighted by Gasteiger charge is -2.26. The van der Waals surface area contributed by atoms with Crippen molar-refractivity contribution in [2.45, 2.75) is 25.8 Å². The number of hydrogen-bond acceptors (Lipinski definition) is 4. The van der Waals surface area contributed by atoms with Gasteiger partial charge in [-0.15, -0.1) is 11.3 Å². The molecular weight excluding hydrogens is 276 g/mol. The van der Waals surface area contributed by atoms with E-state index < -0.39 is 12.0 Å². The zero-order valence-corrected chi connectivity index (χ0v) is 12.4. The summed E-state index contributed by atoms with van der Waals surface area (Å²) in [5.74, 6) is -0.712. The van der Waals surface area contributed by atoms with Crippen molar-refractivity contribution in [1.82, 2.24) is 9.80 Å². The Morgan fingerprint density at radius 3 is 2.75 bits per heavy atom. The number of carboxylic acids is 1. The molecule has 0 aliphatic carbocycles. The molecular formula is C14H20N2O3S. The summed E-state index contributed by atoms with van der Waals surface area (Å²) in [5, 5.41) is 11.1. The van der Waals surface area contributed by atoms with E-state index in [-0.39, 0.29) is 5.91 Å². The number of carboxylic acid groups (broad SMARTS) is 1. The van der Waals surface area contributed by atoms with Gasteiger partial charge in [0, 0.05) is 26.2 Å². The first-order chi connectivity index (χ1) is 9.63. The zero-order valence-electron chi connectivity index (χ0n) is 11.6. The Kier molecular flexibility index (Phi) is 5.14. The molecule has 1 aliphatic rings. The average molecular weight is 296 g/mol. The molecule has 0 spiro atoms. The van der Waals surface area contributed by atoms with Gasteiger partial charge in [-0.1, -0.05) is 13.0 Å². The monoisotopic (exact) mass is 296 g/mol. The number of aliphatic carboxylic acids is 1. The number of thiophene rings is 1. The Morgan fingerprint density at radius 2 is 2.15 bits per heavy atom. The predicted octanol–water partition coefficient (Wildman–Crippen LogP) is 1.76. The third kappa shape index (κ3) is 3.37. The maximum absolute atomic E-state index is 12.3. The van der Waals surface area contributed by atoms with Crippen LogP contribution in [0.25, 0.3) is 0 Å². The number of carbonyl (C=O) groups excluding carboxylic acids is 1. The summed E-state index contributed by atoms with van der Waals surface area (Å²) in [5.41, 5.74) is 0. The van der Waals surface area contributed by atoms with Gasteiger partial charge in [-0.3, -0.25) is 14.5 Å². The normalized spacial score (nSPS) is 18.6. The van der Waals surface area contributed by atoms with Crippen molar-refractivity contribution in [2.75, 3.05) is 26.2 Å². The molecule has 1 fully saturated rings. The van der Waals surface area contributed by atoms with Crippen LogP contribution in [0.2, 0.25) is 0 Å². The Hall–Kier alpha value is -1.40. The molecule has 0 aromatic carbocycles. The molecule has 0 saturated carbocycles. The van der Waals surface area contributed by atoms with Crippen molar-refractivity contribution in [2.24, 2.45) is 0 Å². The number of amides is 1. The van der Waals surface area contributed by atoms with Gasteiger partial charge in [0.15, 0.2) is 0 Å². The van der Waals surface area contributed by atoms with Crippen LogP contribution in [-0.4, -0.2) is 59.0 Å². The summed E-state index contributed by atoms with van der Waals surface area (Å²) < 4.78 is 0. The maximum atomic E-state index is 12.3. The minimum absolute atomic E-state index is 0.0604. The van der Waals surface area contributed by atoms with Gasteiger partial charge in [-0.2, -0.15) is 0 Å². The minimum Gasteiger partial charge on any atom is -0.480 e. The van der Waals surface area contributed by atoms with Gasteiger partial charge < -0.3 is 10.0 Å². The molecule has 1 amide bonds. The Bertz CT molecular complexity index is 461. The first-order valence-electron chi connectivity index (χ1n) is 6.93. The summed E-state index contributed by atoms with van der Waals surface area (Å²) >= 11 is 1.45. The van der Waals surface area contributed by atoms with Crippen molar-refractivity contribution in [3.05, 3.63) is 22.4 Å². The van der Waals surface area contributed by atoms with Crippen LogP contribution in [0.15, 0.2) is 17.5 Å².